The SMILES string of the molecule is CCOc1ccccc1-c1noc(C2CCC(=O)N2Cc2cccc(C(F)(F)F)c2)n1. The lowest BCUT2D eigenvalue weighted by Crippen LogP contribution is -2.27. The van der Waals surface area contributed by atoms with Crippen molar-refractivity contribution in [2.45, 2.75) is 38.5 Å². The van der Waals surface area contributed by atoms with Crippen LogP contribution in [0, 0.1) is 0 Å². The number of hydrogen-bond acceptors (Lipinski definition) is 5. The smallest absolute Gasteiger partial charge is 0.416 e. The normalized spacial score (nSPS) is 16.7. The predicted octanol–water partition coefficient (Wildman–Crippen LogP) is 5.02. The highest BCUT2D eigenvalue weighted by molar-refractivity contribution is 5.79. The molecule has 162 valence electrons. The van der Waals surface area contributed by atoms with E-state index in [1.165, 1.54) is 11.0 Å². The van der Waals surface area contributed by atoms with Crippen LogP contribution in [0.1, 0.15) is 42.8 Å². The number of para-hydroxylation sites is 1. The van der Waals surface area contributed by atoms with E-state index in [2.05, 4.69) is 10.1 Å². The third-order valence-electron chi connectivity index (χ3n) is 5.09. The summed E-state index contributed by atoms with van der Waals surface area (Å²) in [7, 11) is 0. The number of halogens is 3. The molecule has 0 N–H and O–H groups in total. The van der Waals surface area contributed by atoms with Gasteiger partial charge in [0, 0.05) is 13.0 Å². The van der Waals surface area contributed by atoms with Crippen molar-refractivity contribution < 1.29 is 27.2 Å². The minimum Gasteiger partial charge on any atom is -0.493 e. The first kappa shape index (κ1) is 20.9. The zero-order valence-corrected chi connectivity index (χ0v) is 16.7. The van der Waals surface area contributed by atoms with E-state index < -0.39 is 17.8 Å². The Balaban J connectivity index is 1.59. The van der Waals surface area contributed by atoms with Crippen molar-refractivity contribution >= 4 is 5.91 Å². The lowest BCUT2D eigenvalue weighted by molar-refractivity contribution is -0.137. The molecule has 2 aromatic carbocycles. The van der Waals surface area contributed by atoms with E-state index in [4.69, 9.17) is 9.26 Å². The lowest BCUT2D eigenvalue weighted by Gasteiger charge is -2.22. The average molecular weight is 431 g/mol. The number of amides is 1. The molecule has 0 radical (unpaired) electrons. The van der Waals surface area contributed by atoms with Gasteiger partial charge in [0.1, 0.15) is 11.8 Å². The van der Waals surface area contributed by atoms with Crippen molar-refractivity contribution in [2.75, 3.05) is 6.61 Å². The molecule has 1 saturated heterocycles. The highest BCUT2D eigenvalue weighted by Crippen LogP contribution is 2.36. The van der Waals surface area contributed by atoms with Crippen LogP contribution >= 0.6 is 0 Å². The molecule has 31 heavy (non-hydrogen) atoms. The van der Waals surface area contributed by atoms with Crippen molar-refractivity contribution in [3.63, 3.8) is 0 Å². The number of aromatic nitrogens is 2. The molecule has 1 atom stereocenters. The molecule has 1 amide bonds. The molecule has 1 unspecified atom stereocenters. The third-order valence-corrected chi connectivity index (χ3v) is 5.09. The second-order valence-corrected chi connectivity index (χ2v) is 7.16. The van der Waals surface area contributed by atoms with Crippen molar-refractivity contribution in [3.05, 3.63) is 65.5 Å². The lowest BCUT2D eigenvalue weighted by atomic mass is 10.1. The van der Waals surface area contributed by atoms with Gasteiger partial charge in [-0.1, -0.05) is 29.4 Å². The topological polar surface area (TPSA) is 68.5 Å². The zero-order chi connectivity index (χ0) is 22.0. The van der Waals surface area contributed by atoms with Crippen molar-refractivity contribution in [2.24, 2.45) is 0 Å². The van der Waals surface area contributed by atoms with Crippen LogP contribution in [-0.4, -0.2) is 27.6 Å². The third kappa shape index (κ3) is 4.40. The van der Waals surface area contributed by atoms with Crippen LogP contribution in [0.25, 0.3) is 11.4 Å². The Labute approximate surface area is 176 Å². The fourth-order valence-electron chi connectivity index (χ4n) is 3.64. The molecule has 0 aliphatic carbocycles. The van der Waals surface area contributed by atoms with E-state index in [0.717, 1.165) is 12.1 Å². The minimum absolute atomic E-state index is 0.0284. The second kappa shape index (κ2) is 8.41. The molecule has 1 aliphatic heterocycles. The first-order chi connectivity index (χ1) is 14.9. The van der Waals surface area contributed by atoms with Gasteiger partial charge < -0.3 is 14.2 Å². The second-order valence-electron chi connectivity index (χ2n) is 7.16. The van der Waals surface area contributed by atoms with E-state index in [0.29, 0.717) is 35.7 Å². The fraction of sp³-hybridized carbons (Fsp3) is 0.318. The molecular formula is C22H20F3N3O3. The number of carbonyl (C=O) groups excluding carboxylic acids is 1. The van der Waals surface area contributed by atoms with Gasteiger partial charge in [0.05, 0.1) is 17.7 Å². The Kier molecular flexibility index (Phi) is 5.67. The summed E-state index contributed by atoms with van der Waals surface area (Å²) in [6, 6.07) is 11.7. The molecule has 1 fully saturated rings. The first-order valence-electron chi connectivity index (χ1n) is 9.88. The van der Waals surface area contributed by atoms with Gasteiger partial charge in [0.2, 0.25) is 17.6 Å². The molecule has 2 heterocycles. The highest BCUT2D eigenvalue weighted by Gasteiger charge is 2.37. The summed E-state index contributed by atoms with van der Waals surface area (Å²) in [5.41, 5.74) is 0.297. The Morgan fingerprint density at radius 3 is 2.77 bits per heavy atom. The molecule has 1 aromatic heterocycles. The minimum atomic E-state index is -4.44. The van der Waals surface area contributed by atoms with Gasteiger partial charge in [-0.05, 0) is 43.2 Å². The molecule has 0 spiro atoms. The number of rotatable bonds is 6. The number of benzene rings is 2. The summed E-state index contributed by atoms with van der Waals surface area (Å²) in [6.07, 6.45) is -3.73. The zero-order valence-electron chi connectivity index (χ0n) is 16.7. The highest BCUT2D eigenvalue weighted by atomic mass is 19.4. The van der Waals surface area contributed by atoms with E-state index >= 15 is 0 Å². The van der Waals surface area contributed by atoms with Crippen molar-refractivity contribution in [3.8, 4) is 17.1 Å². The van der Waals surface area contributed by atoms with Gasteiger partial charge in [-0.3, -0.25) is 4.79 Å². The summed E-state index contributed by atoms with van der Waals surface area (Å²) >= 11 is 0. The Morgan fingerprint density at radius 2 is 2.00 bits per heavy atom. The molecule has 3 aromatic rings. The Hall–Kier alpha value is -3.36. The predicted molar refractivity (Wildman–Crippen MR) is 105 cm³/mol. The summed E-state index contributed by atoms with van der Waals surface area (Å²) in [5.74, 6) is 1.02. The van der Waals surface area contributed by atoms with Gasteiger partial charge >= 0.3 is 6.18 Å². The van der Waals surface area contributed by atoms with E-state index in [1.807, 2.05) is 19.1 Å². The number of hydrogen-bond donors (Lipinski definition) is 0. The molecule has 6 nitrogen and oxygen atoms in total. The standard InChI is InChI=1S/C22H20F3N3O3/c1-2-30-18-9-4-3-8-16(18)20-26-21(31-27-20)17-10-11-19(29)28(17)13-14-6-5-7-15(12-14)22(23,24)25/h3-9,12,17H,2,10-11,13H2,1H3. The molecule has 0 saturated carbocycles. The van der Waals surface area contributed by atoms with Crippen LogP contribution in [0.2, 0.25) is 0 Å². The van der Waals surface area contributed by atoms with Gasteiger partial charge in [-0.2, -0.15) is 18.2 Å². The first-order valence-corrected chi connectivity index (χ1v) is 9.88. The fourth-order valence-corrected chi connectivity index (χ4v) is 3.64. The van der Waals surface area contributed by atoms with Crippen LogP contribution in [0.4, 0.5) is 13.2 Å². The van der Waals surface area contributed by atoms with Gasteiger partial charge in [-0.25, -0.2) is 0 Å². The summed E-state index contributed by atoms with van der Waals surface area (Å²) in [4.78, 5) is 18.4. The molecular weight excluding hydrogens is 411 g/mol. The number of likely N-dealkylation sites (tertiary alicyclic amines) is 1. The number of alkyl halides is 3. The van der Waals surface area contributed by atoms with E-state index in [9.17, 15) is 18.0 Å². The quantitative estimate of drug-likeness (QED) is 0.548. The summed E-state index contributed by atoms with van der Waals surface area (Å²) < 4.78 is 50.1. The molecule has 9 heteroatoms. The van der Waals surface area contributed by atoms with Crippen LogP contribution in [-0.2, 0) is 17.5 Å². The number of nitrogens with zero attached hydrogens (tertiary/aromatic N) is 3. The van der Waals surface area contributed by atoms with Crippen molar-refractivity contribution in [1.82, 2.24) is 15.0 Å². The Morgan fingerprint density at radius 1 is 1.19 bits per heavy atom. The largest absolute Gasteiger partial charge is 0.493 e. The van der Waals surface area contributed by atoms with Crippen LogP contribution in [0.3, 0.4) is 0 Å². The van der Waals surface area contributed by atoms with E-state index in [1.54, 1.807) is 18.2 Å². The monoisotopic (exact) mass is 431 g/mol. The summed E-state index contributed by atoms with van der Waals surface area (Å²) in [6.45, 7) is 2.37. The number of carbonyl (C=O) groups is 1. The van der Waals surface area contributed by atoms with Crippen LogP contribution in [0.15, 0.2) is 53.1 Å². The Bertz CT molecular complexity index is 1080. The van der Waals surface area contributed by atoms with E-state index in [-0.39, 0.29) is 24.8 Å². The maximum Gasteiger partial charge on any atom is 0.416 e. The van der Waals surface area contributed by atoms with Crippen molar-refractivity contribution in [1.29, 1.82) is 0 Å². The maximum absolute atomic E-state index is 13.0. The van der Waals surface area contributed by atoms with Gasteiger partial charge in [-0.15, -0.1) is 0 Å². The molecule has 0 bridgehead atoms. The maximum atomic E-state index is 13.0. The van der Waals surface area contributed by atoms with Gasteiger partial charge in [0.15, 0.2) is 0 Å². The average Bonchev–Trinajstić information content (AvgIpc) is 3.36. The van der Waals surface area contributed by atoms with Crippen LogP contribution in [0.5, 0.6) is 5.75 Å². The summed E-state index contributed by atoms with van der Waals surface area (Å²) in [5, 5.41) is 4.03. The number of ether oxygens (including phenoxy) is 1. The molecule has 1 aliphatic rings. The van der Waals surface area contributed by atoms with Crippen LogP contribution < -0.4 is 4.74 Å². The van der Waals surface area contributed by atoms with Gasteiger partial charge in [0.25, 0.3) is 0 Å². The molecule has 4 rings (SSSR count).